The average molecular weight is 367 g/mol. The molecule has 4 rings (SSSR count). The van der Waals surface area contributed by atoms with E-state index in [0.29, 0.717) is 28.0 Å². The Morgan fingerprint density at radius 3 is 2.41 bits per heavy atom. The van der Waals surface area contributed by atoms with E-state index in [1.54, 1.807) is 6.07 Å². The van der Waals surface area contributed by atoms with Gasteiger partial charge in [0, 0.05) is 12.1 Å². The summed E-state index contributed by atoms with van der Waals surface area (Å²) in [6, 6.07) is 7.46. The summed E-state index contributed by atoms with van der Waals surface area (Å²) in [6.07, 6.45) is 2.98. The highest BCUT2D eigenvalue weighted by Crippen LogP contribution is 2.50. The predicted molar refractivity (Wildman–Crippen MR) is 95.3 cm³/mol. The number of ketones is 1. The number of benzene rings is 2. The van der Waals surface area contributed by atoms with Gasteiger partial charge in [-0.15, -0.1) is 0 Å². The van der Waals surface area contributed by atoms with Crippen LogP contribution in [0, 0.1) is 10.1 Å². The highest BCUT2D eigenvalue weighted by atomic mass is 16.6. The van der Waals surface area contributed by atoms with Crippen LogP contribution in [0.3, 0.4) is 0 Å². The lowest BCUT2D eigenvalue weighted by Crippen LogP contribution is -2.00. The van der Waals surface area contributed by atoms with Crippen molar-refractivity contribution in [2.45, 2.75) is 0 Å². The van der Waals surface area contributed by atoms with Gasteiger partial charge in [0.1, 0.15) is 11.3 Å². The van der Waals surface area contributed by atoms with Gasteiger partial charge in [-0.2, -0.15) is 0 Å². The number of nitro groups is 1. The van der Waals surface area contributed by atoms with Gasteiger partial charge in [0.05, 0.1) is 30.8 Å². The minimum absolute atomic E-state index is 0.0391. The number of Topliss-reactive ketones (excluding diaryl/α,β-unsaturated/α-hetero) is 1. The third kappa shape index (κ3) is 2.50. The third-order valence-corrected chi connectivity index (χ3v) is 4.25. The molecule has 0 fully saturated rings. The lowest BCUT2D eigenvalue weighted by molar-refractivity contribution is -0.384. The smallest absolute Gasteiger partial charge is 0.269 e. The number of nitro benzene ring substituents is 1. The Hall–Kier alpha value is -3.81. The molecular formula is C19H13NO7. The molecule has 0 spiro atoms. The molecule has 27 heavy (non-hydrogen) atoms. The van der Waals surface area contributed by atoms with Gasteiger partial charge in [-0.3, -0.25) is 14.9 Å². The van der Waals surface area contributed by atoms with Gasteiger partial charge in [0.25, 0.3) is 5.69 Å². The quantitative estimate of drug-likeness (QED) is 0.390. The minimum Gasteiger partial charge on any atom is -0.495 e. The maximum absolute atomic E-state index is 12.9. The van der Waals surface area contributed by atoms with E-state index in [9.17, 15) is 14.9 Å². The molecular weight excluding hydrogens is 354 g/mol. The molecule has 0 N–H and O–H groups in total. The molecule has 2 heterocycles. The number of rotatable bonds is 4. The molecule has 0 saturated carbocycles. The van der Waals surface area contributed by atoms with Gasteiger partial charge in [-0.25, -0.2) is 0 Å². The van der Waals surface area contributed by atoms with Crippen LogP contribution in [0.15, 0.2) is 46.8 Å². The molecule has 2 aromatic carbocycles. The van der Waals surface area contributed by atoms with Crippen LogP contribution in [0.5, 0.6) is 17.2 Å². The number of methoxy groups -OCH3 is 2. The highest BCUT2D eigenvalue weighted by Gasteiger charge is 2.37. The second-order valence-corrected chi connectivity index (χ2v) is 5.72. The van der Waals surface area contributed by atoms with Gasteiger partial charge in [-0.05, 0) is 29.8 Å². The largest absolute Gasteiger partial charge is 0.495 e. The molecule has 136 valence electrons. The first kappa shape index (κ1) is 16.6. The molecule has 0 bridgehead atoms. The van der Waals surface area contributed by atoms with Gasteiger partial charge in [0.2, 0.25) is 11.5 Å². The summed E-state index contributed by atoms with van der Waals surface area (Å²) in [6.45, 7) is 0. The van der Waals surface area contributed by atoms with Gasteiger partial charge < -0.3 is 18.6 Å². The first-order valence-corrected chi connectivity index (χ1v) is 7.89. The molecule has 1 aromatic heterocycles. The fraction of sp³-hybridized carbons (Fsp3) is 0.105. The number of carbonyl (C=O) groups is 1. The number of carbonyl (C=O) groups excluding carboxylic acids is 1. The first-order chi connectivity index (χ1) is 13.0. The Morgan fingerprint density at radius 1 is 1.07 bits per heavy atom. The minimum atomic E-state index is -0.491. The maximum Gasteiger partial charge on any atom is 0.269 e. The molecule has 8 heteroatoms. The average Bonchev–Trinajstić information content (AvgIpc) is 3.26. The van der Waals surface area contributed by atoms with Crippen molar-refractivity contribution in [1.29, 1.82) is 0 Å². The van der Waals surface area contributed by atoms with Crippen LogP contribution in [0.2, 0.25) is 0 Å². The second-order valence-electron chi connectivity index (χ2n) is 5.72. The zero-order valence-corrected chi connectivity index (χ0v) is 14.3. The van der Waals surface area contributed by atoms with Gasteiger partial charge in [0.15, 0.2) is 17.1 Å². The summed E-state index contributed by atoms with van der Waals surface area (Å²) in [5, 5.41) is 11.4. The number of ether oxygens (including phenoxy) is 3. The molecule has 0 saturated heterocycles. The number of fused-ring (bicyclic) bond motifs is 2. The van der Waals surface area contributed by atoms with Crippen molar-refractivity contribution in [2.75, 3.05) is 14.2 Å². The fourth-order valence-corrected chi connectivity index (χ4v) is 3.04. The summed E-state index contributed by atoms with van der Waals surface area (Å²) in [5.41, 5.74) is 1.20. The van der Waals surface area contributed by atoms with E-state index in [2.05, 4.69) is 0 Å². The van der Waals surface area contributed by atoms with Crippen molar-refractivity contribution in [2.24, 2.45) is 0 Å². The molecule has 0 atom stereocenters. The lowest BCUT2D eigenvalue weighted by atomic mass is 10.0. The van der Waals surface area contributed by atoms with E-state index in [-0.39, 0.29) is 28.5 Å². The Labute approximate surface area is 152 Å². The molecule has 1 aliphatic rings. The third-order valence-electron chi connectivity index (χ3n) is 4.25. The number of hydrogen-bond donors (Lipinski definition) is 0. The van der Waals surface area contributed by atoms with Crippen LogP contribution in [0.1, 0.15) is 15.9 Å². The highest BCUT2D eigenvalue weighted by molar-refractivity contribution is 6.20. The first-order valence-electron chi connectivity index (χ1n) is 7.89. The summed E-state index contributed by atoms with van der Waals surface area (Å²) >= 11 is 0. The van der Waals surface area contributed by atoms with Crippen molar-refractivity contribution in [3.8, 4) is 17.2 Å². The van der Waals surface area contributed by atoms with Crippen LogP contribution >= 0.6 is 0 Å². The Morgan fingerprint density at radius 2 is 1.78 bits per heavy atom. The summed E-state index contributed by atoms with van der Waals surface area (Å²) in [5.74, 6) is 0.539. The fourth-order valence-electron chi connectivity index (χ4n) is 3.04. The summed E-state index contributed by atoms with van der Waals surface area (Å²) in [4.78, 5) is 23.2. The van der Waals surface area contributed by atoms with Crippen LogP contribution < -0.4 is 14.2 Å². The van der Waals surface area contributed by atoms with E-state index < -0.39 is 4.92 Å². The van der Waals surface area contributed by atoms with Crippen molar-refractivity contribution in [3.63, 3.8) is 0 Å². The van der Waals surface area contributed by atoms with Crippen molar-refractivity contribution in [1.82, 2.24) is 0 Å². The number of furan rings is 1. The van der Waals surface area contributed by atoms with E-state index in [4.69, 9.17) is 18.6 Å². The summed E-state index contributed by atoms with van der Waals surface area (Å²) < 4.78 is 22.0. The van der Waals surface area contributed by atoms with E-state index in [1.165, 1.54) is 50.8 Å². The van der Waals surface area contributed by atoms with Gasteiger partial charge in [-0.1, -0.05) is 0 Å². The molecule has 0 radical (unpaired) electrons. The van der Waals surface area contributed by atoms with Crippen LogP contribution in [0.25, 0.3) is 17.0 Å². The van der Waals surface area contributed by atoms with Crippen molar-refractivity contribution < 1.29 is 28.3 Å². The van der Waals surface area contributed by atoms with Crippen LogP contribution in [-0.2, 0) is 0 Å². The molecule has 8 nitrogen and oxygen atoms in total. The topological polar surface area (TPSA) is 101 Å². The number of non-ortho nitro benzene ring substituents is 1. The Kier molecular flexibility index (Phi) is 3.80. The van der Waals surface area contributed by atoms with E-state index >= 15 is 0 Å². The van der Waals surface area contributed by atoms with Crippen molar-refractivity contribution in [3.05, 3.63) is 63.6 Å². The van der Waals surface area contributed by atoms with Crippen LogP contribution in [0.4, 0.5) is 5.69 Å². The van der Waals surface area contributed by atoms with Crippen molar-refractivity contribution >= 4 is 28.5 Å². The Bertz CT molecular complexity index is 1110. The number of nitrogens with zero attached hydrogens (tertiary/aromatic N) is 1. The second kappa shape index (κ2) is 6.17. The number of allylic oxidation sites excluding steroid dienone is 1. The Balaban J connectivity index is 1.83. The summed E-state index contributed by atoms with van der Waals surface area (Å²) in [7, 11) is 2.91. The maximum atomic E-state index is 12.9. The molecule has 0 aliphatic carbocycles. The van der Waals surface area contributed by atoms with Gasteiger partial charge >= 0.3 is 0 Å². The predicted octanol–water partition coefficient (Wildman–Crippen LogP) is 3.97. The zero-order chi connectivity index (χ0) is 19.1. The SMILES string of the molecule is COc1c2c(c(OC)c3occc13)O/C(=C/c1ccc([N+](=O)[O-])cc1)C2=O. The van der Waals surface area contributed by atoms with E-state index in [0.717, 1.165) is 0 Å². The van der Waals surface area contributed by atoms with E-state index in [1.807, 2.05) is 0 Å². The molecule has 1 aliphatic heterocycles. The lowest BCUT2D eigenvalue weighted by Gasteiger charge is -2.10. The zero-order valence-electron chi connectivity index (χ0n) is 14.3. The number of hydrogen-bond acceptors (Lipinski definition) is 7. The molecule has 0 unspecified atom stereocenters. The van der Waals surface area contributed by atoms with Crippen LogP contribution in [-0.4, -0.2) is 24.9 Å². The molecule has 0 amide bonds. The standard InChI is InChI=1S/C19H13NO7/c1-24-16-12-7-8-26-17(12)19(25-2)18-14(16)15(21)13(27-18)9-10-3-5-11(6-4-10)20(22)23/h3-9H,1-2H3/b13-9+. The molecule has 3 aromatic rings. The monoisotopic (exact) mass is 367 g/mol. The normalized spacial score (nSPS) is 14.3.